The van der Waals surface area contributed by atoms with Crippen LogP contribution in [0.1, 0.15) is 73.1 Å². The van der Waals surface area contributed by atoms with Gasteiger partial charge in [0.05, 0.1) is 18.9 Å². The lowest BCUT2D eigenvalue weighted by Crippen LogP contribution is -2.58. The average Bonchev–Trinajstić information content (AvgIpc) is 4.05. The summed E-state index contributed by atoms with van der Waals surface area (Å²) in [5.74, 6) is -2.21. The van der Waals surface area contributed by atoms with Crippen LogP contribution >= 0.6 is 0 Å². The fourth-order valence-corrected chi connectivity index (χ4v) is 7.81. The predicted molar refractivity (Wildman–Crippen MR) is 199 cm³/mol. The molecule has 5 rings (SSSR count). The van der Waals surface area contributed by atoms with Crippen molar-refractivity contribution in [3.63, 3.8) is 0 Å². The molecule has 0 spiro atoms. The first-order valence-electron chi connectivity index (χ1n) is 18.0. The van der Waals surface area contributed by atoms with Crippen molar-refractivity contribution in [2.24, 2.45) is 5.92 Å². The molecule has 0 bridgehead atoms. The van der Waals surface area contributed by atoms with E-state index in [1.807, 2.05) is 6.07 Å². The molecule has 0 radical (unpaired) electrons. The van der Waals surface area contributed by atoms with Crippen molar-refractivity contribution in [3.05, 3.63) is 54.8 Å². The van der Waals surface area contributed by atoms with E-state index in [4.69, 9.17) is 14.2 Å². The second-order valence-electron chi connectivity index (χ2n) is 15.0. The van der Waals surface area contributed by atoms with E-state index < -0.39 is 74.3 Å². The average molecular weight is 768 g/mol. The summed E-state index contributed by atoms with van der Waals surface area (Å²) in [6.07, 6.45) is 3.75. The number of ether oxygens (including phenoxy) is 3. The molecule has 0 unspecified atom stereocenters. The van der Waals surface area contributed by atoms with Crippen molar-refractivity contribution >= 4 is 50.4 Å². The molecule has 292 valence electrons. The van der Waals surface area contributed by atoms with Crippen molar-refractivity contribution in [1.29, 1.82) is 0 Å². The van der Waals surface area contributed by atoms with Crippen LogP contribution in [-0.4, -0.2) is 96.1 Å². The lowest BCUT2D eigenvalue weighted by molar-refractivity contribution is -0.141. The van der Waals surface area contributed by atoms with E-state index in [0.29, 0.717) is 29.6 Å². The number of likely N-dealkylation sites (tertiary alicyclic amines) is 1. The summed E-state index contributed by atoms with van der Waals surface area (Å²) < 4.78 is 44.7. The summed E-state index contributed by atoms with van der Waals surface area (Å²) in [5, 5.41) is 6.11. The normalized spacial score (nSPS) is 23.2. The number of amides is 4. The Bertz CT molecular complexity index is 1970. The van der Waals surface area contributed by atoms with Crippen LogP contribution in [0.15, 0.2) is 54.8 Å². The Morgan fingerprint density at radius 2 is 1.87 bits per heavy atom. The van der Waals surface area contributed by atoms with Gasteiger partial charge in [-0.25, -0.2) is 18.2 Å². The molecule has 2 saturated carbocycles. The molecular formula is C38H49N5O10S. The zero-order chi connectivity index (χ0) is 39.6. The number of rotatable bonds is 15. The third kappa shape index (κ3) is 9.20. The van der Waals surface area contributed by atoms with Crippen LogP contribution in [0, 0.1) is 5.92 Å². The zero-order valence-electron chi connectivity index (χ0n) is 31.5. The highest BCUT2D eigenvalue weighted by molar-refractivity contribution is 7.91. The van der Waals surface area contributed by atoms with Crippen LogP contribution in [0.4, 0.5) is 4.79 Å². The quantitative estimate of drug-likeness (QED) is 0.177. The second-order valence-corrected chi connectivity index (χ2v) is 17.0. The van der Waals surface area contributed by atoms with Crippen LogP contribution in [0.2, 0.25) is 0 Å². The lowest BCUT2D eigenvalue weighted by Gasteiger charge is -2.30. The number of hydrogen-bond donors (Lipinski definition) is 3. The van der Waals surface area contributed by atoms with Gasteiger partial charge in [0.25, 0.3) is 5.91 Å². The van der Waals surface area contributed by atoms with Gasteiger partial charge in [-0.2, -0.15) is 0 Å². The van der Waals surface area contributed by atoms with Gasteiger partial charge in [-0.05, 0) is 95.5 Å². The number of nitrogens with one attached hydrogen (secondary N) is 3. The highest BCUT2D eigenvalue weighted by Crippen LogP contribution is 2.45. The number of hydrogen-bond acceptors (Lipinski definition) is 11. The van der Waals surface area contributed by atoms with Gasteiger partial charge in [0.15, 0.2) is 5.78 Å². The van der Waals surface area contributed by atoms with Crippen molar-refractivity contribution in [2.45, 2.75) is 108 Å². The molecule has 1 saturated heterocycles. The van der Waals surface area contributed by atoms with Crippen molar-refractivity contribution in [1.82, 2.24) is 25.2 Å². The Kier molecular flexibility index (Phi) is 11.7. The topological polar surface area (TPSA) is 199 Å². The maximum atomic E-state index is 14.5. The minimum absolute atomic E-state index is 0.0433. The number of allylic oxidation sites excluding steroid dienone is 2. The number of alkyl carbamates (subject to hydrolysis) is 1. The van der Waals surface area contributed by atoms with E-state index in [2.05, 4.69) is 26.9 Å². The predicted octanol–water partition coefficient (Wildman–Crippen LogP) is 3.47. The minimum Gasteiger partial charge on any atom is -0.497 e. The lowest BCUT2D eigenvalue weighted by atomic mass is 10.0. The van der Waals surface area contributed by atoms with Gasteiger partial charge < -0.3 is 29.7 Å². The van der Waals surface area contributed by atoms with E-state index >= 15 is 0 Å². The first-order valence-corrected chi connectivity index (χ1v) is 19.5. The van der Waals surface area contributed by atoms with Crippen LogP contribution in [-0.2, 0) is 33.9 Å². The van der Waals surface area contributed by atoms with E-state index in [1.54, 1.807) is 72.2 Å². The number of methoxy groups -OCH3 is 1. The number of carbonyl (C=O) groups excluding carboxylic acids is 5. The number of sulfonamides is 1. The van der Waals surface area contributed by atoms with E-state index in [1.165, 1.54) is 11.0 Å². The highest BCUT2D eigenvalue weighted by Gasteiger charge is 2.62. The SMILES string of the molecule is C=C[C@H]1C[C@]1(NC(=O)[C@@H]1C[C@@H](Oc2nccc3cc(OC)ccc23)CN1C(=O)[C@H](CCC(=O)/C(C)=C/C)NC(=O)OC(C)(C)C)C(=O)NS(=O)(=O)C1CC1. The van der Waals surface area contributed by atoms with E-state index in [0.717, 1.165) is 5.39 Å². The van der Waals surface area contributed by atoms with Crippen LogP contribution in [0.3, 0.4) is 0 Å². The molecule has 3 aliphatic rings. The Morgan fingerprint density at radius 1 is 1.15 bits per heavy atom. The number of carbonyl (C=O) groups is 5. The number of fused-ring (bicyclic) bond motifs is 1. The number of benzene rings is 1. The van der Waals surface area contributed by atoms with Gasteiger partial charge in [-0.3, -0.25) is 23.9 Å². The monoisotopic (exact) mass is 767 g/mol. The van der Waals surface area contributed by atoms with Gasteiger partial charge in [0, 0.05) is 30.3 Å². The summed E-state index contributed by atoms with van der Waals surface area (Å²) in [6, 6.07) is 4.62. The molecule has 3 fully saturated rings. The summed E-state index contributed by atoms with van der Waals surface area (Å²) in [5.41, 5.74) is -2.01. The molecule has 16 heteroatoms. The molecule has 5 atom stereocenters. The minimum atomic E-state index is -3.93. The molecule has 2 aliphatic carbocycles. The summed E-state index contributed by atoms with van der Waals surface area (Å²) in [6.45, 7) is 12.0. The van der Waals surface area contributed by atoms with Crippen LogP contribution < -0.4 is 24.8 Å². The van der Waals surface area contributed by atoms with Crippen LogP contribution in [0.5, 0.6) is 11.6 Å². The smallest absolute Gasteiger partial charge is 0.408 e. The van der Waals surface area contributed by atoms with Crippen LogP contribution in [0.25, 0.3) is 10.8 Å². The Hall–Kier alpha value is -4.99. The summed E-state index contributed by atoms with van der Waals surface area (Å²) in [7, 11) is -2.38. The van der Waals surface area contributed by atoms with Crippen molar-refractivity contribution in [3.8, 4) is 11.6 Å². The fourth-order valence-electron chi connectivity index (χ4n) is 6.44. The Morgan fingerprint density at radius 3 is 2.48 bits per heavy atom. The molecule has 15 nitrogen and oxygen atoms in total. The molecule has 1 aromatic carbocycles. The molecule has 2 aromatic rings. The van der Waals surface area contributed by atoms with Gasteiger partial charge >= 0.3 is 6.09 Å². The number of nitrogens with zero attached hydrogens (tertiary/aromatic N) is 2. The maximum Gasteiger partial charge on any atom is 0.408 e. The zero-order valence-corrected chi connectivity index (χ0v) is 32.3. The van der Waals surface area contributed by atoms with Gasteiger partial charge in [-0.15, -0.1) is 6.58 Å². The first-order chi connectivity index (χ1) is 25.4. The fraction of sp³-hybridized carbons (Fsp3) is 0.526. The molecule has 1 aliphatic heterocycles. The number of ketones is 1. The van der Waals surface area contributed by atoms with Gasteiger partial charge in [-0.1, -0.05) is 12.2 Å². The molecule has 1 aromatic heterocycles. The van der Waals surface area contributed by atoms with Gasteiger partial charge in [0.1, 0.15) is 35.1 Å². The maximum absolute atomic E-state index is 14.5. The summed E-state index contributed by atoms with van der Waals surface area (Å²) in [4.78, 5) is 73.7. The number of Topliss-reactive ketones (excluding diaryl/α,β-unsaturated/α-hetero) is 1. The Labute approximate surface area is 315 Å². The molecular weight excluding hydrogens is 719 g/mol. The number of aromatic nitrogens is 1. The second kappa shape index (κ2) is 15.8. The van der Waals surface area contributed by atoms with Crippen molar-refractivity contribution in [2.75, 3.05) is 13.7 Å². The number of pyridine rings is 1. The van der Waals surface area contributed by atoms with Crippen molar-refractivity contribution < 1.29 is 46.6 Å². The van der Waals surface area contributed by atoms with E-state index in [-0.39, 0.29) is 43.9 Å². The molecule has 54 heavy (non-hydrogen) atoms. The molecule has 4 amide bonds. The molecule has 2 heterocycles. The Balaban J connectivity index is 1.45. The summed E-state index contributed by atoms with van der Waals surface area (Å²) >= 11 is 0. The van der Waals surface area contributed by atoms with Gasteiger partial charge in [0.2, 0.25) is 27.7 Å². The first kappa shape index (κ1) is 40.2. The largest absolute Gasteiger partial charge is 0.497 e. The molecule has 3 N–H and O–H groups in total. The standard InChI is InChI=1S/C38H49N5O10S/c1-8-22(3)31(44)15-14-29(40-36(48)53-37(4,5)6)34(46)43-21-26(52-33-28-13-10-25(51-7)18-23(28)16-17-39-33)19-30(43)32(45)41-38(20-24(38)9-2)35(47)42-54(49,50)27-11-12-27/h8-10,13,16-18,24,26-27,29-30H,2,11-12,14-15,19-21H2,1,3-7H3,(H,40,48)(H,41,45)(H,42,47)/b22-8+/t24-,26+,29-,30-,38+/m0/s1. The van der Waals surface area contributed by atoms with E-state index in [9.17, 15) is 32.4 Å². The third-order valence-electron chi connectivity index (χ3n) is 9.83. The third-order valence-corrected chi connectivity index (χ3v) is 11.7. The highest BCUT2D eigenvalue weighted by atomic mass is 32.2.